The van der Waals surface area contributed by atoms with Crippen LogP contribution in [0, 0.1) is 0 Å². The van der Waals surface area contributed by atoms with E-state index in [0.29, 0.717) is 0 Å². The van der Waals surface area contributed by atoms with Crippen LogP contribution in [0.1, 0.15) is 0 Å². The van der Waals surface area contributed by atoms with Gasteiger partial charge in [0, 0.05) is 29.6 Å². The summed E-state index contributed by atoms with van der Waals surface area (Å²) in [5.74, 6) is 0. The van der Waals surface area contributed by atoms with E-state index in [0.717, 1.165) is 0 Å². The molecular weight excluding hydrogens is 128 g/mol. The minimum absolute atomic E-state index is 0. The fourth-order valence-electron chi connectivity index (χ4n) is 0. The van der Waals surface area contributed by atoms with Crippen molar-refractivity contribution in [1.29, 1.82) is 0 Å². The molecule has 0 bridgehead atoms. The van der Waals surface area contributed by atoms with E-state index < -0.39 is 15.3 Å². The van der Waals surface area contributed by atoms with Gasteiger partial charge in [0.15, 0.2) is 0 Å². The van der Waals surface area contributed by atoms with Crippen molar-refractivity contribution in [1.82, 2.24) is 0 Å². The van der Waals surface area contributed by atoms with Gasteiger partial charge in [0.1, 0.15) is 0 Å². The summed E-state index contributed by atoms with van der Waals surface area (Å²) in [5, 5.41) is 0. The Hall–Kier alpha value is 1.14. The predicted octanol–water partition coefficient (Wildman–Crippen LogP) is -0.999. The van der Waals surface area contributed by atoms with Crippen LogP contribution >= 0.6 is 0 Å². The predicted molar refractivity (Wildman–Crippen MR) is 12.9 cm³/mol. The third-order valence-electron chi connectivity index (χ3n) is 0. The van der Waals surface area contributed by atoms with Crippen molar-refractivity contribution >= 4 is 44.9 Å². The number of hydrogen-bond donors (Lipinski definition) is 0. The summed E-state index contributed by atoms with van der Waals surface area (Å²) in [6.45, 7) is 0. The second-order valence-electron chi connectivity index (χ2n) is 0.0833. The van der Waals surface area contributed by atoms with E-state index in [1.807, 2.05) is 0 Å². The molecule has 1 radical (unpaired) electrons. The van der Waals surface area contributed by atoms with E-state index in [-0.39, 0.29) is 29.6 Å². The van der Waals surface area contributed by atoms with Crippen molar-refractivity contribution < 1.29 is 7.56 Å². The Morgan fingerprint density at radius 2 is 1.25 bits per heavy atom. The van der Waals surface area contributed by atoms with Crippen molar-refractivity contribution in [2.24, 2.45) is 0 Å². The normalized spacial score (nSPS) is 2.00. The molecule has 0 saturated heterocycles. The van der Waals surface area contributed by atoms with Gasteiger partial charge < -0.3 is 0 Å². The van der Waals surface area contributed by atoms with E-state index in [2.05, 4.69) is 0 Å². The van der Waals surface area contributed by atoms with Gasteiger partial charge in [-0.05, 0) is 0 Å². The summed E-state index contributed by atoms with van der Waals surface area (Å²) < 4.78 is 17.0. The summed E-state index contributed by atoms with van der Waals surface area (Å²) in [6, 6.07) is 0. The topological polar surface area (TPSA) is 34.1 Å². The third kappa shape index (κ3) is 11.0. The Kier molecular flexibility index (Phi) is 19.9. The maximum atomic E-state index is 8.50. The first kappa shape index (κ1) is 8.94. The summed E-state index contributed by atoms with van der Waals surface area (Å²) in [7, 11) is 0. The SMILES string of the molecule is [Na].[O]=[Ge]=[O]. The van der Waals surface area contributed by atoms with E-state index >= 15 is 0 Å². The zero-order valence-electron chi connectivity index (χ0n) is 2.32. The summed E-state index contributed by atoms with van der Waals surface area (Å²) in [5.41, 5.74) is 0. The quantitative estimate of drug-likeness (QED) is 0.392. The first-order chi connectivity index (χ1) is 1.41. The number of rotatable bonds is 0. The van der Waals surface area contributed by atoms with Crippen molar-refractivity contribution in [3.8, 4) is 0 Å². The van der Waals surface area contributed by atoms with Crippen molar-refractivity contribution in [2.45, 2.75) is 0 Å². The average molecular weight is 128 g/mol. The Morgan fingerprint density at radius 1 is 1.25 bits per heavy atom. The molecule has 2 nitrogen and oxygen atoms in total. The van der Waals surface area contributed by atoms with Gasteiger partial charge in [-0.15, -0.1) is 0 Å². The van der Waals surface area contributed by atoms with E-state index in [9.17, 15) is 0 Å². The second kappa shape index (κ2) is 8.91. The number of hydrogen-bond acceptors (Lipinski definition) is 2. The second-order valence-corrected chi connectivity index (χ2v) is 0.433. The summed E-state index contributed by atoms with van der Waals surface area (Å²) in [4.78, 5) is 0. The summed E-state index contributed by atoms with van der Waals surface area (Å²) in [6.07, 6.45) is 0. The van der Waals surface area contributed by atoms with Gasteiger partial charge in [-0.3, -0.25) is 0 Å². The van der Waals surface area contributed by atoms with Crippen LogP contribution in [-0.2, 0) is 7.56 Å². The molecule has 0 unspecified atom stereocenters. The molecule has 17 valence electrons. The zero-order chi connectivity index (χ0) is 2.71. The van der Waals surface area contributed by atoms with Crippen molar-refractivity contribution in [3.63, 3.8) is 0 Å². The van der Waals surface area contributed by atoms with E-state index in [4.69, 9.17) is 7.56 Å². The molecule has 0 amide bonds. The van der Waals surface area contributed by atoms with Crippen LogP contribution in [0.4, 0.5) is 0 Å². The van der Waals surface area contributed by atoms with Gasteiger partial charge in [0.25, 0.3) is 0 Å². The van der Waals surface area contributed by atoms with E-state index in [1.54, 1.807) is 0 Å². The van der Waals surface area contributed by atoms with Crippen molar-refractivity contribution in [3.05, 3.63) is 0 Å². The molecule has 0 fully saturated rings. The van der Waals surface area contributed by atoms with Gasteiger partial charge in [0.05, 0.1) is 0 Å². The molecule has 0 aliphatic carbocycles. The Balaban J connectivity index is 0. The van der Waals surface area contributed by atoms with Gasteiger partial charge in [-0.2, -0.15) is 0 Å². The van der Waals surface area contributed by atoms with Gasteiger partial charge in [-0.25, -0.2) is 0 Å². The summed E-state index contributed by atoms with van der Waals surface area (Å²) >= 11 is -2.00. The van der Waals surface area contributed by atoms with Gasteiger partial charge in [-0.1, -0.05) is 0 Å². The van der Waals surface area contributed by atoms with Crippen LogP contribution in [0.15, 0.2) is 0 Å². The molecule has 0 aliphatic heterocycles. The molecule has 0 saturated carbocycles. The third-order valence-corrected chi connectivity index (χ3v) is 0. The van der Waals surface area contributed by atoms with Gasteiger partial charge >= 0.3 is 22.9 Å². The molecule has 0 spiro atoms. The fourth-order valence-corrected chi connectivity index (χ4v) is 0. The Morgan fingerprint density at radius 3 is 1.25 bits per heavy atom. The molecule has 4 heteroatoms. The standard InChI is InChI=1S/GeO2.Na/c2-1-3;. The molecule has 0 aromatic rings. The fraction of sp³-hybridized carbons (Fsp3) is 0. The first-order valence-corrected chi connectivity index (χ1v) is 2.12. The molecule has 0 aromatic heterocycles. The minimum atomic E-state index is -2.00. The molecule has 0 rings (SSSR count). The monoisotopic (exact) mass is 129 g/mol. The zero-order valence-corrected chi connectivity index (χ0v) is 6.41. The average Bonchev–Trinajstić information content (AvgIpc) is 0.918. The Labute approximate surface area is 52.2 Å². The van der Waals surface area contributed by atoms with Crippen LogP contribution in [0.25, 0.3) is 0 Å². The molecule has 0 N–H and O–H groups in total. The van der Waals surface area contributed by atoms with Crippen LogP contribution in [0.3, 0.4) is 0 Å². The van der Waals surface area contributed by atoms with Crippen LogP contribution in [0.2, 0.25) is 0 Å². The molecule has 0 aliphatic rings. The van der Waals surface area contributed by atoms with E-state index in [1.165, 1.54) is 0 Å². The Bertz CT molecular complexity index is 27.0. The molecule has 0 atom stereocenters. The first-order valence-electron chi connectivity index (χ1n) is 0.408. The van der Waals surface area contributed by atoms with Crippen LogP contribution in [0.5, 0.6) is 0 Å². The molecule has 0 heterocycles. The van der Waals surface area contributed by atoms with Crippen LogP contribution in [-0.4, -0.2) is 44.9 Å². The molecule has 4 heavy (non-hydrogen) atoms. The van der Waals surface area contributed by atoms with Gasteiger partial charge in [0.2, 0.25) is 0 Å². The maximum absolute atomic E-state index is 8.50. The molecule has 0 aromatic carbocycles. The molecular formula is GeNaO2. The van der Waals surface area contributed by atoms with Crippen molar-refractivity contribution in [2.75, 3.05) is 0 Å². The van der Waals surface area contributed by atoms with Crippen LogP contribution < -0.4 is 0 Å².